The summed E-state index contributed by atoms with van der Waals surface area (Å²) < 4.78 is 11.1. The molecule has 1 saturated carbocycles. The highest BCUT2D eigenvalue weighted by Gasteiger charge is 2.38. The molecular weight excluding hydrogens is 378 g/mol. The normalized spacial score (nSPS) is 25.7. The van der Waals surface area contributed by atoms with Crippen molar-refractivity contribution in [1.82, 2.24) is 9.88 Å². The summed E-state index contributed by atoms with van der Waals surface area (Å²) in [4.78, 5) is 21.5. The molecule has 1 amide bonds. The van der Waals surface area contributed by atoms with Crippen molar-refractivity contribution in [3.05, 3.63) is 54.6 Å². The number of morpholine rings is 1. The molecule has 5 rings (SSSR count). The monoisotopic (exact) mass is 408 g/mol. The fourth-order valence-electron chi connectivity index (χ4n) is 5.21. The molecule has 0 unspecified atom stereocenters. The molecule has 0 spiro atoms. The van der Waals surface area contributed by atoms with Gasteiger partial charge in [0.1, 0.15) is 13.1 Å². The maximum absolute atomic E-state index is 13.6. The minimum absolute atomic E-state index is 0.0120. The standard InChI is InChI=1S/C24H29N3O3/c28-24(22-23(30-17-25-22)19-4-2-1-3-5-19)27(9-8-26-10-12-29-13-11-26)16-21-15-18-6-7-20(21)14-18/h1-7,17-18,20-21H,8-16H2/p+1/t18-,20+,21-/m1/s1. The van der Waals surface area contributed by atoms with Gasteiger partial charge < -0.3 is 19.0 Å². The first kappa shape index (κ1) is 19.5. The number of fused-ring (bicyclic) bond motifs is 2. The molecule has 2 aliphatic carbocycles. The van der Waals surface area contributed by atoms with Crippen molar-refractivity contribution in [2.45, 2.75) is 12.8 Å². The van der Waals surface area contributed by atoms with Crippen LogP contribution in [0.3, 0.4) is 0 Å². The highest BCUT2D eigenvalue weighted by Crippen LogP contribution is 2.43. The molecule has 2 fully saturated rings. The molecule has 6 heteroatoms. The highest BCUT2D eigenvalue weighted by atomic mass is 16.5. The second-order valence-corrected chi connectivity index (χ2v) is 8.80. The molecule has 1 aromatic carbocycles. The lowest BCUT2D eigenvalue weighted by atomic mass is 9.93. The fourth-order valence-corrected chi connectivity index (χ4v) is 5.21. The molecule has 3 aliphatic rings. The number of aromatic nitrogens is 1. The van der Waals surface area contributed by atoms with Crippen LogP contribution in [0.4, 0.5) is 0 Å². The van der Waals surface area contributed by atoms with Gasteiger partial charge in [0.2, 0.25) is 0 Å². The van der Waals surface area contributed by atoms with Crippen LogP contribution in [-0.4, -0.2) is 61.7 Å². The Morgan fingerprint density at radius 1 is 1.13 bits per heavy atom. The first-order valence-electron chi connectivity index (χ1n) is 11.2. The topological polar surface area (TPSA) is 60.0 Å². The number of benzene rings is 1. The minimum Gasteiger partial charge on any atom is -0.443 e. The third-order valence-electron chi connectivity index (χ3n) is 6.90. The SMILES string of the molecule is O=C(c1ncoc1-c1ccccc1)N(CC[NH+]1CCOCC1)C[C@H]1C[C@@H]2C=C[C@H]1C2. The summed E-state index contributed by atoms with van der Waals surface area (Å²) in [6, 6.07) is 9.78. The average Bonchev–Trinajstić information content (AvgIpc) is 3.54. The number of oxazole rings is 1. The average molecular weight is 409 g/mol. The number of hydrogen-bond acceptors (Lipinski definition) is 4. The summed E-state index contributed by atoms with van der Waals surface area (Å²) in [5.41, 5.74) is 1.32. The van der Waals surface area contributed by atoms with Crippen LogP contribution in [0.15, 0.2) is 53.3 Å². The van der Waals surface area contributed by atoms with E-state index in [1.807, 2.05) is 35.2 Å². The highest BCUT2D eigenvalue weighted by molar-refractivity contribution is 5.97. The Kier molecular flexibility index (Phi) is 5.69. The van der Waals surface area contributed by atoms with E-state index in [0.717, 1.165) is 51.5 Å². The van der Waals surface area contributed by atoms with Crippen LogP contribution in [0.5, 0.6) is 0 Å². The molecule has 2 bridgehead atoms. The summed E-state index contributed by atoms with van der Waals surface area (Å²) >= 11 is 0. The van der Waals surface area contributed by atoms with Crippen molar-refractivity contribution in [3.63, 3.8) is 0 Å². The van der Waals surface area contributed by atoms with Gasteiger partial charge in [-0.15, -0.1) is 0 Å². The van der Waals surface area contributed by atoms with E-state index < -0.39 is 0 Å². The largest absolute Gasteiger partial charge is 0.443 e. The molecule has 1 aliphatic heterocycles. The van der Waals surface area contributed by atoms with Gasteiger partial charge in [0.05, 0.1) is 26.3 Å². The lowest BCUT2D eigenvalue weighted by Gasteiger charge is -2.30. The van der Waals surface area contributed by atoms with Gasteiger partial charge in [-0.25, -0.2) is 4.98 Å². The summed E-state index contributed by atoms with van der Waals surface area (Å²) in [7, 11) is 0. The second kappa shape index (κ2) is 8.74. The van der Waals surface area contributed by atoms with E-state index in [9.17, 15) is 4.79 Å². The molecule has 0 radical (unpaired) electrons. The molecule has 2 heterocycles. The Balaban J connectivity index is 1.34. The molecule has 1 saturated heterocycles. The van der Waals surface area contributed by atoms with Crippen LogP contribution in [0.25, 0.3) is 11.3 Å². The number of carbonyl (C=O) groups is 1. The van der Waals surface area contributed by atoms with Crippen molar-refractivity contribution >= 4 is 5.91 Å². The van der Waals surface area contributed by atoms with Crippen molar-refractivity contribution in [2.75, 3.05) is 45.9 Å². The molecule has 2 aromatic rings. The molecule has 1 aromatic heterocycles. The van der Waals surface area contributed by atoms with Gasteiger partial charge in [-0.3, -0.25) is 4.79 Å². The molecule has 6 nitrogen and oxygen atoms in total. The Labute approximate surface area is 177 Å². The number of carbonyl (C=O) groups excluding carboxylic acids is 1. The lowest BCUT2D eigenvalue weighted by Crippen LogP contribution is -3.14. The number of allylic oxidation sites excluding steroid dienone is 2. The first-order valence-corrected chi connectivity index (χ1v) is 11.2. The zero-order valence-corrected chi connectivity index (χ0v) is 17.3. The third-order valence-corrected chi connectivity index (χ3v) is 6.90. The molecule has 3 atom stereocenters. The number of quaternary nitrogens is 1. The smallest absolute Gasteiger partial charge is 0.276 e. The van der Waals surface area contributed by atoms with Gasteiger partial charge in [-0.05, 0) is 30.6 Å². The first-order chi connectivity index (χ1) is 14.8. The number of amides is 1. The Hall–Kier alpha value is -2.44. The van der Waals surface area contributed by atoms with Crippen molar-refractivity contribution in [1.29, 1.82) is 0 Å². The number of nitrogens with one attached hydrogen (secondary N) is 1. The minimum atomic E-state index is -0.0120. The van der Waals surface area contributed by atoms with Crippen molar-refractivity contribution in [3.8, 4) is 11.3 Å². The second-order valence-electron chi connectivity index (χ2n) is 8.80. The van der Waals surface area contributed by atoms with Crippen LogP contribution in [0, 0.1) is 17.8 Å². The Morgan fingerprint density at radius 2 is 1.97 bits per heavy atom. The Morgan fingerprint density at radius 3 is 2.70 bits per heavy atom. The lowest BCUT2D eigenvalue weighted by molar-refractivity contribution is -0.907. The van der Waals surface area contributed by atoms with Crippen molar-refractivity contribution in [2.24, 2.45) is 17.8 Å². The fraction of sp³-hybridized carbons (Fsp3) is 0.500. The Bertz CT molecular complexity index is 888. The van der Waals surface area contributed by atoms with Gasteiger partial charge in [0, 0.05) is 12.1 Å². The van der Waals surface area contributed by atoms with Crippen molar-refractivity contribution < 1.29 is 18.8 Å². The van der Waals surface area contributed by atoms with E-state index in [-0.39, 0.29) is 5.91 Å². The molecule has 30 heavy (non-hydrogen) atoms. The van der Waals surface area contributed by atoms with Gasteiger partial charge in [0.15, 0.2) is 17.8 Å². The van der Waals surface area contributed by atoms with Crippen LogP contribution in [0.1, 0.15) is 23.3 Å². The predicted octanol–water partition coefficient (Wildman–Crippen LogP) is 1.91. The van der Waals surface area contributed by atoms with E-state index in [1.54, 1.807) is 0 Å². The van der Waals surface area contributed by atoms with E-state index in [2.05, 4.69) is 17.1 Å². The number of hydrogen-bond donors (Lipinski definition) is 1. The number of rotatable bonds is 7. The maximum Gasteiger partial charge on any atom is 0.276 e. The van der Waals surface area contributed by atoms with E-state index in [0.29, 0.717) is 29.2 Å². The van der Waals surface area contributed by atoms with Crippen LogP contribution >= 0.6 is 0 Å². The number of ether oxygens (including phenoxy) is 1. The van der Waals surface area contributed by atoms with E-state index in [1.165, 1.54) is 24.1 Å². The molecular formula is C24H30N3O3+. The zero-order valence-electron chi connectivity index (χ0n) is 17.3. The van der Waals surface area contributed by atoms with Gasteiger partial charge in [-0.2, -0.15) is 0 Å². The van der Waals surface area contributed by atoms with E-state index >= 15 is 0 Å². The molecule has 1 N–H and O–H groups in total. The van der Waals surface area contributed by atoms with Crippen LogP contribution < -0.4 is 4.90 Å². The predicted molar refractivity (Wildman–Crippen MR) is 113 cm³/mol. The molecule has 158 valence electrons. The zero-order chi connectivity index (χ0) is 20.3. The summed E-state index contributed by atoms with van der Waals surface area (Å²) in [5, 5.41) is 0. The quantitative estimate of drug-likeness (QED) is 0.711. The number of nitrogens with zero attached hydrogens (tertiary/aromatic N) is 2. The summed E-state index contributed by atoms with van der Waals surface area (Å²) in [6.07, 6.45) is 8.55. The summed E-state index contributed by atoms with van der Waals surface area (Å²) in [6.45, 7) is 6.13. The summed E-state index contributed by atoms with van der Waals surface area (Å²) in [5.74, 6) is 2.43. The van der Waals surface area contributed by atoms with E-state index in [4.69, 9.17) is 9.15 Å². The van der Waals surface area contributed by atoms with Gasteiger partial charge in [-0.1, -0.05) is 42.5 Å². The maximum atomic E-state index is 13.6. The van der Waals surface area contributed by atoms with Crippen LogP contribution in [0.2, 0.25) is 0 Å². The van der Waals surface area contributed by atoms with Gasteiger partial charge >= 0.3 is 0 Å². The van der Waals surface area contributed by atoms with Gasteiger partial charge in [0.25, 0.3) is 5.91 Å². The third kappa shape index (κ3) is 4.07. The van der Waals surface area contributed by atoms with Crippen LogP contribution in [-0.2, 0) is 4.74 Å².